The number of aromatic amines is 1. The van der Waals surface area contributed by atoms with Crippen LogP contribution in [0.2, 0.25) is 0 Å². The lowest BCUT2D eigenvalue weighted by atomic mass is 10.1. The Morgan fingerprint density at radius 1 is 1.21 bits per heavy atom. The molecule has 0 fully saturated rings. The van der Waals surface area contributed by atoms with Gasteiger partial charge in [0.05, 0.1) is 11.8 Å². The normalized spacial score (nSPS) is 10.9. The van der Waals surface area contributed by atoms with E-state index in [1.54, 1.807) is 6.26 Å². The van der Waals surface area contributed by atoms with Crippen molar-refractivity contribution in [2.75, 3.05) is 0 Å². The fourth-order valence-corrected chi connectivity index (χ4v) is 1.54. The maximum absolute atomic E-state index is 5.33. The topological polar surface area (TPSA) is 41.8 Å². The third-order valence-corrected chi connectivity index (χ3v) is 2.18. The van der Waals surface area contributed by atoms with Crippen LogP contribution in [0.5, 0.6) is 0 Å². The van der Waals surface area contributed by atoms with Crippen LogP contribution in [0.1, 0.15) is 0 Å². The summed E-state index contributed by atoms with van der Waals surface area (Å²) in [7, 11) is 0. The second kappa shape index (κ2) is 2.73. The summed E-state index contributed by atoms with van der Waals surface area (Å²) in [5.74, 6) is 0.830. The minimum Gasteiger partial charge on any atom is -0.464 e. The van der Waals surface area contributed by atoms with Gasteiger partial charge < -0.3 is 9.40 Å². The van der Waals surface area contributed by atoms with Crippen molar-refractivity contribution in [3.63, 3.8) is 0 Å². The molecule has 0 unspecified atom stereocenters. The van der Waals surface area contributed by atoms with E-state index in [0.29, 0.717) is 0 Å². The van der Waals surface area contributed by atoms with Crippen molar-refractivity contribution < 1.29 is 4.42 Å². The molecule has 1 N–H and O–H groups in total. The quantitative estimate of drug-likeness (QED) is 0.630. The summed E-state index contributed by atoms with van der Waals surface area (Å²) in [6.45, 7) is 0. The zero-order valence-corrected chi connectivity index (χ0v) is 7.32. The van der Waals surface area contributed by atoms with Crippen LogP contribution in [0.15, 0.2) is 41.0 Å². The van der Waals surface area contributed by atoms with Crippen LogP contribution in [-0.2, 0) is 0 Å². The predicted octanol–water partition coefficient (Wildman–Crippen LogP) is 2.62. The zero-order chi connectivity index (χ0) is 9.38. The summed E-state index contributed by atoms with van der Waals surface area (Å²) in [4.78, 5) is 7.08. The Balaban J connectivity index is 2.36. The molecule has 1 aromatic carbocycles. The highest BCUT2D eigenvalue weighted by Crippen LogP contribution is 2.26. The average molecular weight is 183 g/mol. The molecule has 0 saturated carbocycles. The van der Waals surface area contributed by atoms with Crippen LogP contribution in [0.3, 0.4) is 0 Å². The molecule has 0 aliphatic heterocycles. The molecule has 0 atom stereocenters. The molecule has 2 heterocycles. The number of para-hydroxylation sites is 1. The molecule has 3 rings (SSSR count). The van der Waals surface area contributed by atoms with Crippen LogP contribution < -0.4 is 0 Å². The maximum atomic E-state index is 5.33. The van der Waals surface area contributed by atoms with Crippen LogP contribution in [0, 0.1) is 6.33 Å². The van der Waals surface area contributed by atoms with Crippen molar-refractivity contribution in [1.82, 2.24) is 9.97 Å². The van der Waals surface area contributed by atoms with Crippen LogP contribution in [-0.4, -0.2) is 9.97 Å². The third-order valence-electron chi connectivity index (χ3n) is 2.18. The minimum atomic E-state index is 0.830. The van der Waals surface area contributed by atoms with E-state index in [1.807, 2.05) is 30.3 Å². The van der Waals surface area contributed by atoms with Crippen LogP contribution >= 0.6 is 0 Å². The molecule has 0 amide bonds. The molecule has 3 nitrogen and oxygen atoms in total. The van der Waals surface area contributed by atoms with Gasteiger partial charge in [-0.1, -0.05) is 6.07 Å². The molecule has 0 aliphatic carbocycles. The summed E-state index contributed by atoms with van der Waals surface area (Å²) in [6, 6.07) is 9.70. The highest BCUT2D eigenvalue weighted by atomic mass is 16.3. The molecular formula is C11H7N2O. The molecule has 3 heteroatoms. The molecule has 0 aliphatic rings. The van der Waals surface area contributed by atoms with E-state index in [9.17, 15) is 0 Å². The number of hydrogen-bond donors (Lipinski definition) is 1. The van der Waals surface area contributed by atoms with Crippen molar-refractivity contribution in [1.29, 1.82) is 0 Å². The summed E-state index contributed by atoms with van der Waals surface area (Å²) in [6.07, 6.45) is 4.38. The Kier molecular flexibility index (Phi) is 1.44. The van der Waals surface area contributed by atoms with E-state index in [4.69, 9.17) is 4.42 Å². The number of H-pyrrole nitrogens is 1. The number of fused-ring (bicyclic) bond motifs is 1. The predicted molar refractivity (Wildman–Crippen MR) is 52.6 cm³/mol. The largest absolute Gasteiger partial charge is 0.464 e. The highest BCUT2D eigenvalue weighted by Gasteiger charge is 2.07. The zero-order valence-electron chi connectivity index (χ0n) is 7.32. The molecule has 3 aromatic rings. The van der Waals surface area contributed by atoms with Crippen LogP contribution in [0.4, 0.5) is 0 Å². The molecule has 14 heavy (non-hydrogen) atoms. The number of nitrogens with one attached hydrogen (secondary N) is 1. The van der Waals surface area contributed by atoms with Gasteiger partial charge in [0.15, 0.2) is 6.33 Å². The number of hydrogen-bond acceptors (Lipinski definition) is 2. The number of furan rings is 1. The number of rotatable bonds is 1. The molecule has 0 spiro atoms. The first-order valence-corrected chi connectivity index (χ1v) is 4.34. The van der Waals surface area contributed by atoms with Gasteiger partial charge in [-0.3, -0.25) is 0 Å². The molecule has 0 bridgehead atoms. The molecule has 1 radical (unpaired) electrons. The summed E-state index contributed by atoms with van der Waals surface area (Å²) in [5, 5.41) is 0. The van der Waals surface area contributed by atoms with E-state index in [0.717, 1.165) is 22.4 Å². The van der Waals surface area contributed by atoms with E-state index in [2.05, 4.69) is 16.3 Å². The summed E-state index contributed by atoms with van der Waals surface area (Å²) >= 11 is 0. The third kappa shape index (κ3) is 0.956. The molecule has 67 valence electrons. The molecule has 2 aromatic heterocycles. The maximum Gasteiger partial charge on any atom is 0.174 e. The standard InChI is InChI=1S/C11H7N2O/c1-3-8(10-5-2-6-14-10)11-9(4-1)12-7-13-11/h1-6H,(H,12,13). The highest BCUT2D eigenvalue weighted by molar-refractivity contribution is 5.89. The lowest BCUT2D eigenvalue weighted by molar-refractivity contribution is 0.583. The fourth-order valence-electron chi connectivity index (χ4n) is 1.54. The van der Waals surface area contributed by atoms with Crippen LogP contribution in [0.25, 0.3) is 22.4 Å². The van der Waals surface area contributed by atoms with Gasteiger partial charge in [0.25, 0.3) is 0 Å². The van der Waals surface area contributed by atoms with Crippen molar-refractivity contribution in [3.8, 4) is 11.3 Å². The van der Waals surface area contributed by atoms with Crippen molar-refractivity contribution in [2.24, 2.45) is 0 Å². The first-order chi connectivity index (χ1) is 6.95. The van der Waals surface area contributed by atoms with E-state index in [-0.39, 0.29) is 0 Å². The minimum absolute atomic E-state index is 0.830. The Bertz CT molecular complexity index is 551. The fraction of sp³-hybridized carbons (Fsp3) is 0. The monoisotopic (exact) mass is 183 g/mol. The molecular weight excluding hydrogens is 176 g/mol. The number of aromatic nitrogens is 2. The number of benzene rings is 1. The van der Waals surface area contributed by atoms with Gasteiger partial charge in [0, 0.05) is 5.56 Å². The smallest absolute Gasteiger partial charge is 0.174 e. The van der Waals surface area contributed by atoms with Gasteiger partial charge in [0.2, 0.25) is 0 Å². The first kappa shape index (κ1) is 7.38. The summed E-state index contributed by atoms with van der Waals surface area (Å²) in [5.41, 5.74) is 2.85. The lowest BCUT2D eigenvalue weighted by Crippen LogP contribution is -1.76. The number of nitrogens with zero attached hydrogens (tertiary/aromatic N) is 1. The van der Waals surface area contributed by atoms with Gasteiger partial charge >= 0.3 is 0 Å². The Labute approximate surface area is 80.4 Å². The lowest BCUT2D eigenvalue weighted by Gasteiger charge is -1.96. The molecule has 0 saturated heterocycles. The SMILES string of the molecule is [c]1nc2c(-c3ccco3)cccc2[nH]1. The van der Waals surface area contributed by atoms with Gasteiger partial charge in [-0.05, 0) is 24.3 Å². The van der Waals surface area contributed by atoms with Crippen molar-refractivity contribution >= 4 is 11.0 Å². The Morgan fingerprint density at radius 2 is 2.21 bits per heavy atom. The van der Waals surface area contributed by atoms with Crippen molar-refractivity contribution in [3.05, 3.63) is 42.9 Å². The van der Waals surface area contributed by atoms with E-state index in [1.165, 1.54) is 0 Å². The van der Waals surface area contributed by atoms with E-state index >= 15 is 0 Å². The van der Waals surface area contributed by atoms with Gasteiger partial charge in [0.1, 0.15) is 11.3 Å². The summed E-state index contributed by atoms with van der Waals surface area (Å²) < 4.78 is 5.33. The average Bonchev–Trinajstić information content (AvgIpc) is 2.88. The van der Waals surface area contributed by atoms with Gasteiger partial charge in [-0.15, -0.1) is 0 Å². The number of imidazole rings is 1. The van der Waals surface area contributed by atoms with Gasteiger partial charge in [-0.25, -0.2) is 4.98 Å². The Hall–Kier alpha value is -2.03. The Morgan fingerprint density at radius 3 is 3.07 bits per heavy atom. The second-order valence-electron chi connectivity index (χ2n) is 3.03. The first-order valence-electron chi connectivity index (χ1n) is 4.34. The second-order valence-corrected chi connectivity index (χ2v) is 3.03. The van der Waals surface area contributed by atoms with Crippen molar-refractivity contribution in [2.45, 2.75) is 0 Å². The van der Waals surface area contributed by atoms with Gasteiger partial charge in [-0.2, -0.15) is 0 Å². The van der Waals surface area contributed by atoms with E-state index < -0.39 is 0 Å².